The smallest absolute Gasteiger partial charge is 0.224 e. The molecule has 2 unspecified atom stereocenters. The molecule has 3 N–H and O–H groups in total. The van der Waals surface area contributed by atoms with E-state index in [4.69, 9.17) is 5.73 Å². The monoisotopic (exact) mass is 252 g/mol. The number of amides is 1. The summed E-state index contributed by atoms with van der Waals surface area (Å²) < 4.78 is 12.9. The van der Waals surface area contributed by atoms with Gasteiger partial charge in [0, 0.05) is 12.5 Å². The summed E-state index contributed by atoms with van der Waals surface area (Å²) in [5, 5.41) is 2.96. The summed E-state index contributed by atoms with van der Waals surface area (Å²) in [6.45, 7) is 6.14. The number of halogens is 1. The van der Waals surface area contributed by atoms with Crippen molar-refractivity contribution in [1.82, 2.24) is 5.32 Å². The minimum absolute atomic E-state index is 0.0690. The van der Waals surface area contributed by atoms with E-state index in [1.54, 1.807) is 19.1 Å². The largest absolute Gasteiger partial charge is 0.349 e. The van der Waals surface area contributed by atoms with Crippen LogP contribution in [0, 0.1) is 17.7 Å². The molecule has 0 saturated heterocycles. The first-order valence-corrected chi connectivity index (χ1v) is 6.21. The highest BCUT2D eigenvalue weighted by Crippen LogP contribution is 2.22. The molecule has 0 aliphatic heterocycles. The van der Waals surface area contributed by atoms with Gasteiger partial charge in [-0.3, -0.25) is 4.79 Å². The van der Waals surface area contributed by atoms with E-state index in [-0.39, 0.29) is 29.6 Å². The van der Waals surface area contributed by atoms with Gasteiger partial charge < -0.3 is 11.1 Å². The standard InChI is InChI=1S/C14H21FN2O/c1-9(2)13(17-14(18)10(3)8-16)11-4-6-12(15)7-5-11/h4-7,9-10,13H,8,16H2,1-3H3,(H,17,18). The maximum atomic E-state index is 12.9. The van der Waals surface area contributed by atoms with E-state index < -0.39 is 0 Å². The Kier molecular flexibility index (Phi) is 5.28. The number of carbonyl (C=O) groups excluding carboxylic acids is 1. The van der Waals surface area contributed by atoms with Crippen molar-refractivity contribution < 1.29 is 9.18 Å². The lowest BCUT2D eigenvalue weighted by molar-refractivity contribution is -0.125. The fraction of sp³-hybridized carbons (Fsp3) is 0.500. The second-order valence-electron chi connectivity index (χ2n) is 4.92. The SMILES string of the molecule is CC(CN)C(=O)NC(c1ccc(F)cc1)C(C)C. The Labute approximate surface area is 108 Å². The molecule has 2 atom stereocenters. The van der Waals surface area contributed by atoms with Crippen LogP contribution in [0.25, 0.3) is 0 Å². The van der Waals surface area contributed by atoms with Crippen LogP contribution in [0.4, 0.5) is 4.39 Å². The molecule has 18 heavy (non-hydrogen) atoms. The highest BCUT2D eigenvalue weighted by molar-refractivity contribution is 5.79. The van der Waals surface area contributed by atoms with Gasteiger partial charge in [0.2, 0.25) is 5.91 Å². The zero-order valence-corrected chi connectivity index (χ0v) is 11.1. The second kappa shape index (κ2) is 6.50. The second-order valence-corrected chi connectivity index (χ2v) is 4.92. The Morgan fingerprint density at radius 3 is 2.28 bits per heavy atom. The van der Waals surface area contributed by atoms with Gasteiger partial charge in [-0.25, -0.2) is 4.39 Å². The van der Waals surface area contributed by atoms with Crippen LogP contribution in [0.5, 0.6) is 0 Å². The Bertz CT molecular complexity index is 389. The van der Waals surface area contributed by atoms with Crippen LogP contribution >= 0.6 is 0 Å². The predicted octanol–water partition coefficient (Wildman–Crippen LogP) is 2.23. The number of hydrogen-bond acceptors (Lipinski definition) is 2. The zero-order valence-electron chi connectivity index (χ0n) is 11.1. The molecule has 100 valence electrons. The fourth-order valence-electron chi connectivity index (χ4n) is 1.71. The van der Waals surface area contributed by atoms with Crippen molar-refractivity contribution in [2.45, 2.75) is 26.8 Å². The fourth-order valence-corrected chi connectivity index (χ4v) is 1.71. The van der Waals surface area contributed by atoms with Crippen molar-refractivity contribution in [3.8, 4) is 0 Å². The molecular formula is C14H21FN2O. The van der Waals surface area contributed by atoms with Gasteiger partial charge in [-0.15, -0.1) is 0 Å². The van der Waals surface area contributed by atoms with Crippen LogP contribution in [0.3, 0.4) is 0 Å². The zero-order chi connectivity index (χ0) is 13.7. The van der Waals surface area contributed by atoms with Crippen molar-refractivity contribution in [2.24, 2.45) is 17.6 Å². The average Bonchev–Trinajstić information content (AvgIpc) is 2.35. The van der Waals surface area contributed by atoms with Crippen molar-refractivity contribution in [3.63, 3.8) is 0 Å². The number of rotatable bonds is 5. The quantitative estimate of drug-likeness (QED) is 0.844. The topological polar surface area (TPSA) is 55.1 Å². The van der Waals surface area contributed by atoms with Gasteiger partial charge in [-0.2, -0.15) is 0 Å². The third-order valence-electron chi connectivity index (χ3n) is 2.99. The third-order valence-corrected chi connectivity index (χ3v) is 2.99. The van der Waals surface area contributed by atoms with Crippen molar-refractivity contribution >= 4 is 5.91 Å². The Morgan fingerprint density at radius 1 is 1.28 bits per heavy atom. The van der Waals surface area contributed by atoms with Crippen molar-refractivity contribution in [1.29, 1.82) is 0 Å². The van der Waals surface area contributed by atoms with Crippen molar-refractivity contribution in [3.05, 3.63) is 35.6 Å². The van der Waals surface area contributed by atoms with Gasteiger partial charge in [0.1, 0.15) is 5.82 Å². The van der Waals surface area contributed by atoms with Gasteiger partial charge in [0.05, 0.1) is 6.04 Å². The molecule has 0 spiro atoms. The van der Waals surface area contributed by atoms with Gasteiger partial charge in [0.25, 0.3) is 0 Å². The Hall–Kier alpha value is -1.42. The third kappa shape index (κ3) is 3.81. The number of nitrogens with two attached hydrogens (primary N) is 1. The molecule has 0 heterocycles. The highest BCUT2D eigenvalue weighted by Gasteiger charge is 2.20. The van der Waals surface area contributed by atoms with E-state index in [1.165, 1.54) is 12.1 Å². The number of hydrogen-bond donors (Lipinski definition) is 2. The molecule has 4 heteroatoms. The number of benzene rings is 1. The van der Waals surface area contributed by atoms with Crippen molar-refractivity contribution in [2.75, 3.05) is 6.54 Å². The normalized spacial score (nSPS) is 14.3. The molecule has 0 bridgehead atoms. The van der Waals surface area contributed by atoms with Gasteiger partial charge in [-0.05, 0) is 23.6 Å². The highest BCUT2D eigenvalue weighted by atomic mass is 19.1. The predicted molar refractivity (Wildman–Crippen MR) is 70.3 cm³/mol. The molecule has 0 aromatic heterocycles. The number of carbonyl (C=O) groups is 1. The molecule has 0 fully saturated rings. The summed E-state index contributed by atoms with van der Waals surface area (Å²) in [6, 6.07) is 6.10. The molecule has 0 saturated carbocycles. The first kappa shape index (κ1) is 14.6. The molecule has 1 amide bonds. The Morgan fingerprint density at radius 2 is 1.83 bits per heavy atom. The minimum atomic E-state index is -0.275. The van der Waals surface area contributed by atoms with E-state index in [0.717, 1.165) is 5.56 Å². The number of nitrogens with one attached hydrogen (secondary N) is 1. The summed E-state index contributed by atoms with van der Waals surface area (Å²) >= 11 is 0. The van der Waals surface area contributed by atoms with Crippen LogP contribution in [0.2, 0.25) is 0 Å². The van der Waals surface area contributed by atoms with E-state index in [9.17, 15) is 9.18 Å². The van der Waals surface area contributed by atoms with Gasteiger partial charge >= 0.3 is 0 Å². The van der Waals surface area contributed by atoms with E-state index in [0.29, 0.717) is 6.54 Å². The Balaban J connectivity index is 2.83. The summed E-state index contributed by atoms with van der Waals surface area (Å²) in [5.74, 6) is -0.334. The maximum absolute atomic E-state index is 12.9. The van der Waals surface area contributed by atoms with Crippen LogP contribution in [-0.2, 0) is 4.79 Å². The summed E-state index contributed by atoms with van der Waals surface area (Å²) in [4.78, 5) is 11.9. The molecular weight excluding hydrogens is 231 g/mol. The summed E-state index contributed by atoms with van der Waals surface area (Å²) in [6.07, 6.45) is 0. The summed E-state index contributed by atoms with van der Waals surface area (Å²) in [7, 11) is 0. The summed E-state index contributed by atoms with van der Waals surface area (Å²) in [5.41, 5.74) is 6.38. The van der Waals surface area contributed by atoms with Crippen LogP contribution < -0.4 is 11.1 Å². The van der Waals surface area contributed by atoms with E-state index in [1.807, 2.05) is 13.8 Å². The lowest BCUT2D eigenvalue weighted by atomic mass is 9.95. The molecule has 0 aliphatic carbocycles. The van der Waals surface area contributed by atoms with E-state index >= 15 is 0 Å². The molecule has 1 aromatic carbocycles. The van der Waals surface area contributed by atoms with E-state index in [2.05, 4.69) is 5.32 Å². The van der Waals surface area contributed by atoms with Crippen LogP contribution in [0.15, 0.2) is 24.3 Å². The lowest BCUT2D eigenvalue weighted by Crippen LogP contribution is -2.37. The first-order chi connectivity index (χ1) is 8.45. The molecule has 1 aromatic rings. The maximum Gasteiger partial charge on any atom is 0.224 e. The average molecular weight is 252 g/mol. The lowest BCUT2D eigenvalue weighted by Gasteiger charge is -2.24. The minimum Gasteiger partial charge on any atom is -0.349 e. The molecule has 3 nitrogen and oxygen atoms in total. The first-order valence-electron chi connectivity index (χ1n) is 6.21. The van der Waals surface area contributed by atoms with Gasteiger partial charge in [0.15, 0.2) is 0 Å². The molecule has 0 radical (unpaired) electrons. The molecule has 1 rings (SSSR count). The molecule has 0 aliphatic rings. The van der Waals surface area contributed by atoms with Crippen LogP contribution in [-0.4, -0.2) is 12.5 Å². The van der Waals surface area contributed by atoms with Crippen LogP contribution in [0.1, 0.15) is 32.4 Å². The van der Waals surface area contributed by atoms with Gasteiger partial charge in [-0.1, -0.05) is 32.9 Å².